The van der Waals surface area contributed by atoms with Crippen LogP contribution in [0.25, 0.3) is 0 Å². The number of nitrogens with zero attached hydrogens (tertiary/aromatic N) is 2. The number of ether oxygens (including phenoxy) is 2. The van der Waals surface area contributed by atoms with Crippen LogP contribution in [0.15, 0.2) is 59.0 Å². The Hall–Kier alpha value is -3.39. The molecule has 138 valence electrons. The van der Waals surface area contributed by atoms with Crippen LogP contribution >= 0.6 is 11.3 Å². The summed E-state index contributed by atoms with van der Waals surface area (Å²) in [6.45, 7) is 0. The molecule has 0 aliphatic carbocycles. The van der Waals surface area contributed by atoms with E-state index in [0.29, 0.717) is 10.8 Å². The first-order valence-corrected chi connectivity index (χ1v) is 8.90. The van der Waals surface area contributed by atoms with Crippen molar-refractivity contribution in [2.75, 3.05) is 19.5 Å². The van der Waals surface area contributed by atoms with Crippen LogP contribution in [0.5, 0.6) is 11.5 Å². The molecule has 0 aliphatic heterocycles. The molecule has 0 aliphatic rings. The number of aromatic nitrogens is 1. The first-order chi connectivity index (χ1) is 13.2. The molecule has 0 radical (unpaired) electrons. The Morgan fingerprint density at radius 2 is 1.67 bits per heavy atom. The molecule has 27 heavy (non-hydrogen) atoms. The van der Waals surface area contributed by atoms with Gasteiger partial charge in [0.25, 0.3) is 5.91 Å². The molecule has 2 aromatic carbocycles. The van der Waals surface area contributed by atoms with Crippen LogP contribution in [0.3, 0.4) is 0 Å². The monoisotopic (exact) mass is 382 g/mol. The molecule has 0 bridgehead atoms. The lowest BCUT2D eigenvalue weighted by Gasteiger charge is -2.03. The van der Waals surface area contributed by atoms with Crippen molar-refractivity contribution in [2.45, 2.75) is 0 Å². The highest BCUT2D eigenvalue weighted by Gasteiger charge is 2.10. The van der Waals surface area contributed by atoms with Gasteiger partial charge in [0.15, 0.2) is 5.13 Å². The van der Waals surface area contributed by atoms with Gasteiger partial charge in [-0.3, -0.25) is 4.79 Å². The van der Waals surface area contributed by atoms with Gasteiger partial charge >= 0.3 is 0 Å². The van der Waals surface area contributed by atoms with Gasteiger partial charge in [-0.15, -0.1) is 11.3 Å². The van der Waals surface area contributed by atoms with Gasteiger partial charge in [0.2, 0.25) is 0 Å². The summed E-state index contributed by atoms with van der Waals surface area (Å²) in [5.41, 5.74) is 4.46. The number of carbonyl (C=O) groups excluding carboxylic acids is 1. The number of anilines is 2. The molecule has 0 unspecified atom stereocenters. The van der Waals surface area contributed by atoms with Crippen LogP contribution in [0.2, 0.25) is 0 Å². The Bertz CT molecular complexity index is 921. The van der Waals surface area contributed by atoms with E-state index in [4.69, 9.17) is 9.47 Å². The molecule has 7 nitrogen and oxygen atoms in total. The Morgan fingerprint density at radius 1 is 1.04 bits per heavy atom. The van der Waals surface area contributed by atoms with E-state index in [-0.39, 0.29) is 5.91 Å². The molecule has 0 atom stereocenters. The fourth-order valence-corrected chi connectivity index (χ4v) is 2.86. The van der Waals surface area contributed by atoms with Gasteiger partial charge in [0, 0.05) is 11.1 Å². The zero-order valence-corrected chi connectivity index (χ0v) is 15.6. The minimum Gasteiger partial charge on any atom is -0.497 e. The van der Waals surface area contributed by atoms with E-state index in [0.717, 1.165) is 22.7 Å². The van der Waals surface area contributed by atoms with Crippen LogP contribution in [0.1, 0.15) is 16.1 Å². The molecule has 0 saturated heterocycles. The number of carbonyl (C=O) groups is 1. The van der Waals surface area contributed by atoms with Crippen molar-refractivity contribution in [1.29, 1.82) is 0 Å². The molecule has 0 saturated carbocycles. The second kappa shape index (κ2) is 8.81. The number of methoxy groups -OCH3 is 2. The lowest BCUT2D eigenvalue weighted by molar-refractivity contribution is 0.0951. The molecule has 0 fully saturated rings. The lowest BCUT2D eigenvalue weighted by atomic mass is 10.2. The molecule has 2 N–H and O–H groups in total. The Kier molecular flexibility index (Phi) is 6.01. The van der Waals surface area contributed by atoms with Crippen molar-refractivity contribution < 1.29 is 14.3 Å². The predicted octanol–water partition coefficient (Wildman–Crippen LogP) is 3.67. The number of nitrogens with one attached hydrogen (secondary N) is 2. The van der Waals surface area contributed by atoms with Crippen molar-refractivity contribution in [3.63, 3.8) is 0 Å². The molecule has 1 heterocycles. The zero-order chi connectivity index (χ0) is 19.1. The quantitative estimate of drug-likeness (QED) is 0.481. The van der Waals surface area contributed by atoms with Crippen LogP contribution in [0, 0.1) is 0 Å². The maximum absolute atomic E-state index is 12.1. The summed E-state index contributed by atoms with van der Waals surface area (Å²) < 4.78 is 10.2. The maximum Gasteiger partial charge on any atom is 0.290 e. The predicted molar refractivity (Wildman–Crippen MR) is 106 cm³/mol. The van der Waals surface area contributed by atoms with Gasteiger partial charge in [-0.1, -0.05) is 0 Å². The number of hydrogen-bond acceptors (Lipinski definition) is 7. The molecular weight excluding hydrogens is 364 g/mol. The van der Waals surface area contributed by atoms with E-state index in [1.54, 1.807) is 25.8 Å². The summed E-state index contributed by atoms with van der Waals surface area (Å²) in [7, 11) is 3.22. The number of thiazole rings is 1. The summed E-state index contributed by atoms with van der Waals surface area (Å²) >= 11 is 1.34. The van der Waals surface area contributed by atoms with E-state index in [1.165, 1.54) is 11.3 Å². The van der Waals surface area contributed by atoms with Gasteiger partial charge in [-0.25, -0.2) is 10.4 Å². The third kappa shape index (κ3) is 5.05. The van der Waals surface area contributed by atoms with Crippen LogP contribution in [0.4, 0.5) is 10.8 Å². The highest BCUT2D eigenvalue weighted by molar-refractivity contribution is 7.14. The van der Waals surface area contributed by atoms with Gasteiger partial charge < -0.3 is 14.8 Å². The number of hydrazone groups is 1. The second-order valence-electron chi connectivity index (χ2n) is 5.36. The Labute approximate surface area is 160 Å². The maximum atomic E-state index is 12.1. The van der Waals surface area contributed by atoms with Crippen molar-refractivity contribution in [1.82, 2.24) is 10.4 Å². The largest absolute Gasteiger partial charge is 0.497 e. The molecular formula is C19H18N4O3S. The molecule has 8 heteroatoms. The molecule has 1 aromatic heterocycles. The highest BCUT2D eigenvalue weighted by atomic mass is 32.1. The zero-order valence-electron chi connectivity index (χ0n) is 14.8. The fourth-order valence-electron chi connectivity index (χ4n) is 2.15. The summed E-state index contributed by atoms with van der Waals surface area (Å²) in [5.74, 6) is 1.16. The summed E-state index contributed by atoms with van der Waals surface area (Å²) in [6, 6.07) is 14.8. The van der Waals surface area contributed by atoms with E-state index >= 15 is 0 Å². The minimum atomic E-state index is -0.376. The summed E-state index contributed by atoms with van der Waals surface area (Å²) in [4.78, 5) is 16.4. The van der Waals surface area contributed by atoms with E-state index < -0.39 is 0 Å². The molecule has 3 aromatic rings. The van der Waals surface area contributed by atoms with E-state index in [9.17, 15) is 4.79 Å². The summed E-state index contributed by atoms with van der Waals surface area (Å²) in [5, 5.41) is 9.38. The highest BCUT2D eigenvalue weighted by Crippen LogP contribution is 2.22. The van der Waals surface area contributed by atoms with E-state index in [2.05, 4.69) is 20.8 Å². The topological polar surface area (TPSA) is 84.8 Å². The van der Waals surface area contributed by atoms with Gasteiger partial charge in [-0.2, -0.15) is 5.10 Å². The van der Waals surface area contributed by atoms with Crippen LogP contribution in [-0.4, -0.2) is 31.3 Å². The van der Waals surface area contributed by atoms with Crippen molar-refractivity contribution >= 4 is 34.3 Å². The lowest BCUT2D eigenvalue weighted by Crippen LogP contribution is -2.18. The van der Waals surface area contributed by atoms with Gasteiger partial charge in [0.05, 0.1) is 20.4 Å². The average molecular weight is 382 g/mol. The van der Waals surface area contributed by atoms with Gasteiger partial charge in [-0.05, 0) is 54.1 Å². The Morgan fingerprint density at radius 3 is 2.30 bits per heavy atom. The smallest absolute Gasteiger partial charge is 0.290 e. The fraction of sp³-hybridized carbons (Fsp3) is 0.105. The third-order valence-corrected chi connectivity index (χ3v) is 4.33. The first-order valence-electron chi connectivity index (χ1n) is 8.02. The number of benzene rings is 2. The third-order valence-electron chi connectivity index (χ3n) is 3.57. The van der Waals surface area contributed by atoms with Crippen molar-refractivity contribution in [3.05, 3.63) is 65.2 Å². The standard InChI is InChI=1S/C19H18N4O3S/c1-25-15-7-3-13(4-8-15)11-20-23-18(24)17-12-27-19(22-17)21-14-5-9-16(26-2)10-6-14/h3-12H,1-2H3,(H,21,22)(H,23,24)/b20-11+. The number of rotatable bonds is 7. The van der Waals surface area contributed by atoms with E-state index in [1.807, 2.05) is 48.5 Å². The number of hydrogen-bond donors (Lipinski definition) is 2. The molecule has 1 amide bonds. The van der Waals surface area contributed by atoms with Crippen LogP contribution in [-0.2, 0) is 0 Å². The summed E-state index contributed by atoms with van der Waals surface area (Å²) in [6.07, 6.45) is 1.56. The normalized spacial score (nSPS) is 10.6. The van der Waals surface area contributed by atoms with Gasteiger partial charge in [0.1, 0.15) is 17.2 Å². The first kappa shape index (κ1) is 18.4. The molecule has 0 spiro atoms. The van der Waals surface area contributed by atoms with Crippen molar-refractivity contribution in [3.8, 4) is 11.5 Å². The second-order valence-corrected chi connectivity index (χ2v) is 6.22. The molecule has 3 rings (SSSR count). The SMILES string of the molecule is COc1ccc(/C=N/NC(=O)c2csc(Nc3ccc(OC)cc3)n2)cc1. The number of amides is 1. The average Bonchev–Trinajstić information content (AvgIpc) is 3.17. The van der Waals surface area contributed by atoms with Crippen molar-refractivity contribution in [2.24, 2.45) is 5.10 Å². The minimum absolute atomic E-state index is 0.294. The Balaban J connectivity index is 1.56. The van der Waals surface area contributed by atoms with Crippen LogP contribution < -0.4 is 20.2 Å².